The van der Waals surface area contributed by atoms with Crippen LogP contribution < -0.4 is 5.32 Å². The fourth-order valence-electron chi connectivity index (χ4n) is 4.79. The van der Waals surface area contributed by atoms with Crippen molar-refractivity contribution < 1.29 is 23.1 Å². The van der Waals surface area contributed by atoms with E-state index in [4.69, 9.17) is 4.74 Å². The number of benzene rings is 2. The number of rotatable bonds is 5. The van der Waals surface area contributed by atoms with Crippen LogP contribution in [0.5, 0.6) is 0 Å². The predicted octanol–water partition coefficient (Wildman–Crippen LogP) is 3.91. The second-order valence-corrected chi connectivity index (χ2v) is 9.42. The minimum atomic E-state index is -0.560. The Bertz CT molecular complexity index is 1270. The van der Waals surface area contributed by atoms with Crippen LogP contribution in [0.3, 0.4) is 0 Å². The van der Waals surface area contributed by atoms with Gasteiger partial charge in [0.05, 0.1) is 25.2 Å². The molecule has 0 saturated carbocycles. The highest BCUT2D eigenvalue weighted by atomic mass is 19.1. The highest BCUT2D eigenvalue weighted by Crippen LogP contribution is 2.29. The van der Waals surface area contributed by atoms with Gasteiger partial charge in [0.25, 0.3) is 5.91 Å². The standard InChI is InChI=1S/C27H28F2N4O3/c1-17-2-4-18(5-3-17)24-14-33-16-31-25(23(33)15-36-24)27(35)32-10-8-19(9-11-32)26(34)30-13-20-12-21(28)6-7-22(20)29/h2-7,12,16,19,24H,8-11,13-15H2,1H3,(H,30,34)/t24-/m0/s1. The molecule has 1 atom stereocenters. The topological polar surface area (TPSA) is 76.5 Å². The first-order valence-corrected chi connectivity index (χ1v) is 12.1. The summed E-state index contributed by atoms with van der Waals surface area (Å²) in [4.78, 5) is 31.9. The third-order valence-electron chi connectivity index (χ3n) is 7.00. The van der Waals surface area contributed by atoms with E-state index < -0.39 is 11.6 Å². The number of carbonyl (C=O) groups excluding carboxylic acids is 2. The van der Waals surface area contributed by atoms with Gasteiger partial charge >= 0.3 is 0 Å². The minimum absolute atomic E-state index is 0.0774. The maximum Gasteiger partial charge on any atom is 0.274 e. The van der Waals surface area contributed by atoms with Gasteiger partial charge in [0, 0.05) is 31.1 Å². The Hall–Kier alpha value is -3.59. The molecule has 0 bridgehead atoms. The number of ether oxygens (including phenoxy) is 1. The zero-order valence-electron chi connectivity index (χ0n) is 20.0. The molecule has 0 spiro atoms. The second-order valence-electron chi connectivity index (χ2n) is 9.42. The molecule has 1 aromatic heterocycles. The van der Waals surface area contributed by atoms with Crippen molar-refractivity contribution in [2.75, 3.05) is 13.1 Å². The number of halogens is 2. The molecule has 3 heterocycles. The molecule has 0 aliphatic carbocycles. The maximum absolute atomic E-state index is 13.8. The molecular formula is C27H28F2N4O3. The number of likely N-dealkylation sites (tertiary alicyclic amines) is 1. The monoisotopic (exact) mass is 494 g/mol. The Kier molecular flexibility index (Phi) is 6.82. The first kappa shape index (κ1) is 24.1. The molecule has 5 rings (SSSR count). The predicted molar refractivity (Wildman–Crippen MR) is 128 cm³/mol. The molecule has 1 N–H and O–H groups in total. The molecule has 1 saturated heterocycles. The van der Waals surface area contributed by atoms with Gasteiger partial charge < -0.3 is 19.5 Å². The Balaban J connectivity index is 1.15. The molecule has 7 nitrogen and oxygen atoms in total. The van der Waals surface area contributed by atoms with E-state index in [0.29, 0.717) is 44.8 Å². The zero-order chi connectivity index (χ0) is 25.2. The summed E-state index contributed by atoms with van der Waals surface area (Å²) in [5, 5.41) is 2.69. The van der Waals surface area contributed by atoms with Gasteiger partial charge in [-0.15, -0.1) is 0 Å². The lowest BCUT2D eigenvalue weighted by molar-refractivity contribution is -0.126. The summed E-state index contributed by atoms with van der Waals surface area (Å²) in [7, 11) is 0. The number of nitrogens with one attached hydrogen (secondary N) is 1. The Morgan fingerprint density at radius 1 is 1.11 bits per heavy atom. The number of hydrogen-bond donors (Lipinski definition) is 1. The lowest BCUT2D eigenvalue weighted by atomic mass is 9.95. The number of nitrogens with zero attached hydrogens (tertiary/aromatic N) is 3. The lowest BCUT2D eigenvalue weighted by Crippen LogP contribution is -2.43. The van der Waals surface area contributed by atoms with E-state index in [0.717, 1.165) is 29.5 Å². The van der Waals surface area contributed by atoms with Gasteiger partial charge in [-0.2, -0.15) is 0 Å². The van der Waals surface area contributed by atoms with Crippen LogP contribution in [0.4, 0.5) is 8.78 Å². The van der Waals surface area contributed by atoms with Gasteiger partial charge in [0.2, 0.25) is 5.91 Å². The van der Waals surface area contributed by atoms with E-state index in [2.05, 4.69) is 34.6 Å². The first-order chi connectivity index (χ1) is 17.4. The van der Waals surface area contributed by atoms with Crippen LogP contribution in [-0.4, -0.2) is 39.4 Å². The lowest BCUT2D eigenvalue weighted by Gasteiger charge is -2.31. The Morgan fingerprint density at radius 3 is 2.61 bits per heavy atom. The average molecular weight is 495 g/mol. The smallest absolute Gasteiger partial charge is 0.274 e. The van der Waals surface area contributed by atoms with Crippen molar-refractivity contribution in [1.82, 2.24) is 19.8 Å². The summed E-state index contributed by atoms with van der Waals surface area (Å²) in [6.45, 7) is 3.70. The van der Waals surface area contributed by atoms with Gasteiger partial charge in [0.15, 0.2) is 5.69 Å². The summed E-state index contributed by atoms with van der Waals surface area (Å²) < 4.78 is 35.2. The number of piperidine rings is 1. The molecular weight excluding hydrogens is 466 g/mol. The number of carbonyl (C=O) groups is 2. The maximum atomic E-state index is 13.8. The molecule has 2 aliphatic heterocycles. The normalized spacial score (nSPS) is 18.1. The summed E-state index contributed by atoms with van der Waals surface area (Å²) >= 11 is 0. The van der Waals surface area contributed by atoms with Crippen molar-refractivity contribution in [3.8, 4) is 0 Å². The van der Waals surface area contributed by atoms with Gasteiger partial charge in [-0.3, -0.25) is 9.59 Å². The Labute approximate surface area is 208 Å². The van der Waals surface area contributed by atoms with E-state index >= 15 is 0 Å². The van der Waals surface area contributed by atoms with Crippen LogP contribution in [0.25, 0.3) is 0 Å². The molecule has 3 aromatic rings. The van der Waals surface area contributed by atoms with Crippen molar-refractivity contribution in [1.29, 1.82) is 0 Å². The molecule has 36 heavy (non-hydrogen) atoms. The zero-order valence-corrected chi connectivity index (χ0v) is 20.0. The van der Waals surface area contributed by atoms with Crippen LogP contribution in [0, 0.1) is 24.5 Å². The van der Waals surface area contributed by atoms with Crippen molar-refractivity contribution in [3.63, 3.8) is 0 Å². The van der Waals surface area contributed by atoms with Gasteiger partial charge in [0.1, 0.15) is 17.7 Å². The quantitative estimate of drug-likeness (QED) is 0.584. The second kappa shape index (κ2) is 10.2. The highest BCUT2D eigenvalue weighted by molar-refractivity contribution is 5.93. The van der Waals surface area contributed by atoms with Crippen LogP contribution in [0.2, 0.25) is 0 Å². The highest BCUT2D eigenvalue weighted by Gasteiger charge is 2.32. The molecule has 188 valence electrons. The number of hydrogen-bond acceptors (Lipinski definition) is 4. The number of fused-ring (bicyclic) bond motifs is 1. The van der Waals surface area contributed by atoms with E-state index in [9.17, 15) is 18.4 Å². The molecule has 2 aliphatic rings. The van der Waals surface area contributed by atoms with Crippen LogP contribution in [-0.2, 0) is 29.2 Å². The Morgan fingerprint density at radius 2 is 1.86 bits per heavy atom. The average Bonchev–Trinajstić information content (AvgIpc) is 3.32. The van der Waals surface area contributed by atoms with E-state index in [1.165, 1.54) is 5.56 Å². The number of aromatic nitrogens is 2. The summed E-state index contributed by atoms with van der Waals surface area (Å²) in [6.07, 6.45) is 2.58. The van der Waals surface area contributed by atoms with Gasteiger partial charge in [-0.05, 0) is 43.5 Å². The van der Waals surface area contributed by atoms with Crippen LogP contribution in [0.15, 0.2) is 48.8 Å². The molecule has 1 fully saturated rings. The molecule has 9 heteroatoms. The fourth-order valence-corrected chi connectivity index (χ4v) is 4.79. The molecule has 2 aromatic carbocycles. The van der Waals surface area contributed by atoms with E-state index in [1.807, 2.05) is 11.5 Å². The number of amides is 2. The molecule has 2 amide bonds. The number of aryl methyl sites for hydroxylation is 1. The third-order valence-corrected chi connectivity index (χ3v) is 7.00. The third kappa shape index (κ3) is 5.02. The fraction of sp³-hybridized carbons (Fsp3) is 0.370. The largest absolute Gasteiger partial charge is 0.365 e. The van der Waals surface area contributed by atoms with Crippen molar-refractivity contribution in [2.24, 2.45) is 5.92 Å². The van der Waals surface area contributed by atoms with Crippen LogP contribution in [0.1, 0.15) is 51.8 Å². The van der Waals surface area contributed by atoms with Crippen molar-refractivity contribution in [3.05, 3.63) is 88.5 Å². The van der Waals surface area contributed by atoms with Gasteiger partial charge in [-0.25, -0.2) is 13.8 Å². The van der Waals surface area contributed by atoms with E-state index in [-0.39, 0.29) is 35.9 Å². The van der Waals surface area contributed by atoms with Crippen molar-refractivity contribution >= 4 is 11.8 Å². The van der Waals surface area contributed by atoms with E-state index in [1.54, 1.807) is 11.2 Å². The SMILES string of the molecule is Cc1ccc([C@@H]2Cn3cnc(C(=O)N4CCC(C(=O)NCc5cc(F)ccc5F)CC4)c3CO2)cc1. The van der Waals surface area contributed by atoms with Crippen molar-refractivity contribution in [2.45, 2.75) is 45.6 Å². The van der Waals surface area contributed by atoms with Crippen LogP contribution >= 0.6 is 0 Å². The summed E-state index contributed by atoms with van der Waals surface area (Å²) in [6, 6.07) is 11.4. The summed E-state index contributed by atoms with van der Waals surface area (Å²) in [5.74, 6) is -1.79. The van der Waals surface area contributed by atoms with Gasteiger partial charge in [-0.1, -0.05) is 29.8 Å². The minimum Gasteiger partial charge on any atom is -0.365 e. The molecule has 0 unspecified atom stereocenters. The first-order valence-electron chi connectivity index (χ1n) is 12.1. The molecule has 0 radical (unpaired) electrons. The summed E-state index contributed by atoms with van der Waals surface area (Å²) in [5.41, 5.74) is 3.54. The number of imidazole rings is 1.